The number of carbonyl (C=O) groups excluding carboxylic acids is 3. The summed E-state index contributed by atoms with van der Waals surface area (Å²) in [6.07, 6.45) is 1.63. The lowest BCUT2D eigenvalue weighted by atomic mass is 9.93. The number of benzene rings is 5. The number of aromatic nitrogens is 5. The third-order valence-electron chi connectivity index (χ3n) is 11.3. The number of methoxy groups -OCH3 is 1. The van der Waals surface area contributed by atoms with Crippen molar-refractivity contribution in [2.45, 2.75) is 46.7 Å². The van der Waals surface area contributed by atoms with Gasteiger partial charge in [-0.25, -0.2) is 19.7 Å². The van der Waals surface area contributed by atoms with Crippen LogP contribution in [-0.4, -0.2) is 63.1 Å². The molecule has 0 atom stereocenters. The van der Waals surface area contributed by atoms with Crippen LogP contribution >= 0.6 is 0 Å². The number of carbonyl (C=O) groups is 3. The summed E-state index contributed by atoms with van der Waals surface area (Å²) in [6, 6.07) is 38.0. The number of nitrogens with one attached hydrogen (secondary N) is 2. The first kappa shape index (κ1) is 40.4. The zero-order chi connectivity index (χ0) is 42.8. The van der Waals surface area contributed by atoms with Crippen molar-refractivity contribution in [3.8, 4) is 45.0 Å². The molecular weight excluding hydrogens is 763 g/mol. The second-order valence-electron chi connectivity index (χ2n) is 15.1. The van der Waals surface area contributed by atoms with Crippen LogP contribution in [0.2, 0.25) is 0 Å². The fraction of sp³-hybridized carbons (Fsp3) is 0.200. The molecule has 0 saturated heterocycles. The van der Waals surface area contributed by atoms with Crippen molar-refractivity contribution in [2.24, 2.45) is 0 Å². The molecule has 0 aliphatic rings. The van der Waals surface area contributed by atoms with Crippen molar-refractivity contribution < 1.29 is 19.1 Å². The monoisotopic (exact) mass is 809 g/mol. The summed E-state index contributed by atoms with van der Waals surface area (Å²) >= 11 is 0. The van der Waals surface area contributed by atoms with Crippen LogP contribution in [0.5, 0.6) is 0 Å². The molecule has 0 radical (unpaired) electrons. The molecule has 11 heteroatoms. The minimum absolute atomic E-state index is 0.181. The molecule has 8 aromatic rings. The molecule has 0 bridgehead atoms. The van der Waals surface area contributed by atoms with Gasteiger partial charge >= 0.3 is 5.97 Å². The van der Waals surface area contributed by atoms with Crippen LogP contribution in [0, 0.1) is 13.8 Å². The SMILES string of the molecule is CCn1c(-c2ccccc2-c2ccc(CCCn3c(-c4ccccc4-c4ccc(C)cc4C(=O)OC)nc4cc(C(=O)NC)ccc43)cc2C)nc2nc(C(=O)NC)ccc21. The highest BCUT2D eigenvalue weighted by molar-refractivity contribution is 6.01. The third kappa shape index (κ3) is 7.66. The van der Waals surface area contributed by atoms with Crippen molar-refractivity contribution in [2.75, 3.05) is 21.2 Å². The van der Waals surface area contributed by atoms with Gasteiger partial charge in [-0.1, -0.05) is 84.4 Å². The zero-order valence-electron chi connectivity index (χ0n) is 35.2. The number of fused-ring (bicyclic) bond motifs is 2. The molecule has 306 valence electrons. The Kier molecular flexibility index (Phi) is 11.3. The highest BCUT2D eigenvalue weighted by Crippen LogP contribution is 2.38. The molecule has 0 fully saturated rings. The summed E-state index contributed by atoms with van der Waals surface area (Å²) in [6.45, 7) is 7.53. The normalized spacial score (nSPS) is 11.2. The van der Waals surface area contributed by atoms with Crippen molar-refractivity contribution in [3.63, 3.8) is 0 Å². The summed E-state index contributed by atoms with van der Waals surface area (Å²) in [7, 11) is 4.61. The lowest BCUT2D eigenvalue weighted by Crippen LogP contribution is -2.19. The Morgan fingerprint density at radius 2 is 1.30 bits per heavy atom. The summed E-state index contributed by atoms with van der Waals surface area (Å²) in [4.78, 5) is 52.8. The van der Waals surface area contributed by atoms with Gasteiger partial charge in [-0.05, 0) is 103 Å². The Morgan fingerprint density at radius 3 is 1.97 bits per heavy atom. The van der Waals surface area contributed by atoms with E-state index in [1.54, 1.807) is 20.2 Å². The van der Waals surface area contributed by atoms with Crippen molar-refractivity contribution in [1.29, 1.82) is 0 Å². The predicted molar refractivity (Wildman–Crippen MR) is 241 cm³/mol. The quantitative estimate of drug-likeness (QED) is 0.118. The van der Waals surface area contributed by atoms with Crippen LogP contribution in [0.1, 0.15) is 61.2 Å². The number of pyridine rings is 1. The summed E-state index contributed by atoms with van der Waals surface area (Å²) in [5.74, 6) is 0.712. The van der Waals surface area contributed by atoms with Gasteiger partial charge in [0.1, 0.15) is 17.3 Å². The van der Waals surface area contributed by atoms with Crippen molar-refractivity contribution in [1.82, 2.24) is 34.7 Å². The fourth-order valence-corrected chi connectivity index (χ4v) is 8.26. The number of aryl methyl sites for hydroxylation is 5. The van der Waals surface area contributed by atoms with Crippen LogP contribution in [0.3, 0.4) is 0 Å². The van der Waals surface area contributed by atoms with Gasteiger partial charge in [0.2, 0.25) is 0 Å². The number of hydrogen-bond acceptors (Lipinski definition) is 7. The zero-order valence-corrected chi connectivity index (χ0v) is 35.2. The smallest absolute Gasteiger partial charge is 0.338 e. The van der Waals surface area contributed by atoms with Crippen LogP contribution in [0.25, 0.3) is 67.2 Å². The van der Waals surface area contributed by atoms with Gasteiger partial charge in [-0.2, -0.15) is 0 Å². The van der Waals surface area contributed by atoms with E-state index >= 15 is 0 Å². The lowest BCUT2D eigenvalue weighted by molar-refractivity contribution is 0.0601. The average Bonchev–Trinajstić information content (AvgIpc) is 3.85. The van der Waals surface area contributed by atoms with Crippen LogP contribution in [-0.2, 0) is 24.2 Å². The molecular formula is C50H47N7O4. The minimum Gasteiger partial charge on any atom is -0.465 e. The van der Waals surface area contributed by atoms with Gasteiger partial charge in [0.15, 0.2) is 5.65 Å². The summed E-state index contributed by atoms with van der Waals surface area (Å²) in [5, 5.41) is 5.37. The molecule has 0 saturated carbocycles. The summed E-state index contributed by atoms with van der Waals surface area (Å²) < 4.78 is 9.56. The second-order valence-corrected chi connectivity index (χ2v) is 15.1. The van der Waals surface area contributed by atoms with Crippen LogP contribution in [0.4, 0.5) is 0 Å². The highest BCUT2D eigenvalue weighted by Gasteiger charge is 2.22. The molecule has 2 N–H and O–H groups in total. The molecule has 3 heterocycles. The van der Waals surface area contributed by atoms with E-state index < -0.39 is 5.97 Å². The molecule has 2 amide bonds. The van der Waals surface area contributed by atoms with Gasteiger partial charge in [-0.3, -0.25) is 9.59 Å². The molecule has 0 spiro atoms. The van der Waals surface area contributed by atoms with Gasteiger partial charge in [0.05, 0.1) is 29.2 Å². The minimum atomic E-state index is -0.405. The molecule has 3 aromatic heterocycles. The van der Waals surface area contributed by atoms with Gasteiger partial charge in [0, 0.05) is 43.9 Å². The van der Waals surface area contributed by atoms with Crippen molar-refractivity contribution in [3.05, 3.63) is 149 Å². The average molecular weight is 810 g/mol. The predicted octanol–water partition coefficient (Wildman–Crippen LogP) is 9.22. The number of hydrogen-bond donors (Lipinski definition) is 2. The Hall–Kier alpha value is -7.40. The Bertz CT molecular complexity index is 3000. The third-order valence-corrected chi connectivity index (χ3v) is 11.3. The Labute approximate surface area is 354 Å². The van der Waals surface area contributed by atoms with E-state index in [-0.39, 0.29) is 11.8 Å². The van der Waals surface area contributed by atoms with Crippen molar-refractivity contribution >= 4 is 40.0 Å². The van der Waals surface area contributed by atoms with E-state index in [4.69, 9.17) is 14.7 Å². The number of imidazole rings is 2. The number of amides is 2. The molecule has 8 rings (SSSR count). The van der Waals surface area contributed by atoms with E-state index in [2.05, 4.69) is 68.9 Å². The fourth-order valence-electron chi connectivity index (χ4n) is 8.26. The molecule has 0 aliphatic heterocycles. The Morgan fingerprint density at radius 1 is 0.639 bits per heavy atom. The largest absolute Gasteiger partial charge is 0.465 e. The topological polar surface area (TPSA) is 133 Å². The first-order chi connectivity index (χ1) is 29.6. The molecule has 61 heavy (non-hydrogen) atoms. The maximum Gasteiger partial charge on any atom is 0.338 e. The number of esters is 1. The second kappa shape index (κ2) is 17.1. The Balaban J connectivity index is 1.12. The highest BCUT2D eigenvalue weighted by atomic mass is 16.5. The molecule has 5 aromatic carbocycles. The standard InChI is InChI=1S/C50H47N7O4/c1-7-56-44-25-23-41(49(59)52-5)53-45(44)55-47(56)38-16-10-8-14-35(38)34-22-19-32(28-31(34)3)13-12-26-57-43-24-20-33(48(58)51-4)29-42(43)54-46(57)39-17-11-9-15-36(39)37-21-18-30(2)27-40(37)50(60)61-6/h8-11,14-25,27-29H,7,12-13,26H2,1-6H3,(H,51,58)(H,52,59). The molecule has 0 aliphatic carbocycles. The van der Waals surface area contributed by atoms with E-state index in [1.807, 2.05) is 85.8 Å². The maximum absolute atomic E-state index is 13.0. The first-order valence-corrected chi connectivity index (χ1v) is 20.4. The lowest BCUT2D eigenvalue weighted by Gasteiger charge is -2.16. The van der Waals surface area contributed by atoms with E-state index in [0.717, 1.165) is 80.0 Å². The van der Waals surface area contributed by atoms with E-state index in [1.165, 1.54) is 12.7 Å². The number of rotatable bonds is 12. The molecule has 0 unspecified atom stereocenters. The van der Waals surface area contributed by atoms with Gasteiger partial charge < -0.3 is 24.5 Å². The number of nitrogens with zero attached hydrogens (tertiary/aromatic N) is 5. The van der Waals surface area contributed by atoms with Gasteiger partial charge in [0.25, 0.3) is 11.8 Å². The van der Waals surface area contributed by atoms with Gasteiger partial charge in [-0.15, -0.1) is 0 Å². The van der Waals surface area contributed by atoms with Crippen LogP contribution in [0.15, 0.2) is 115 Å². The van der Waals surface area contributed by atoms with E-state index in [9.17, 15) is 14.4 Å². The van der Waals surface area contributed by atoms with E-state index in [0.29, 0.717) is 41.1 Å². The molecule has 11 nitrogen and oxygen atoms in total. The summed E-state index contributed by atoms with van der Waals surface area (Å²) in [5.41, 5.74) is 13.3. The maximum atomic E-state index is 13.0. The number of ether oxygens (including phenoxy) is 1. The first-order valence-electron chi connectivity index (χ1n) is 20.4. The van der Waals surface area contributed by atoms with Crippen LogP contribution < -0.4 is 10.6 Å².